The summed E-state index contributed by atoms with van der Waals surface area (Å²) >= 11 is 0. The number of hydrogen-bond acceptors (Lipinski definition) is 5. The second kappa shape index (κ2) is 9.27. The largest absolute Gasteiger partial charge is 0.444 e. The van der Waals surface area contributed by atoms with E-state index in [-0.39, 0.29) is 5.69 Å². The Balaban J connectivity index is 2.27. The van der Waals surface area contributed by atoms with Crippen molar-refractivity contribution in [1.29, 1.82) is 0 Å². The van der Waals surface area contributed by atoms with Crippen molar-refractivity contribution in [2.45, 2.75) is 32.8 Å². The highest BCUT2D eigenvalue weighted by Gasteiger charge is 2.15. The molecule has 0 aliphatic carbocycles. The van der Waals surface area contributed by atoms with Gasteiger partial charge in [0.15, 0.2) is 0 Å². The molecule has 0 spiro atoms. The number of hydrogen-bond donors (Lipinski definition) is 2. The van der Waals surface area contributed by atoms with Crippen LogP contribution in [0.15, 0.2) is 24.3 Å². The maximum absolute atomic E-state index is 11.6. The molecule has 1 rings (SSSR count). The lowest BCUT2D eigenvalue weighted by Crippen LogP contribution is -2.34. The van der Waals surface area contributed by atoms with E-state index in [1.54, 1.807) is 20.8 Å². The second-order valence-corrected chi connectivity index (χ2v) is 6.09. The third-order valence-electron chi connectivity index (χ3n) is 2.71. The smallest absolute Gasteiger partial charge is 0.407 e. The van der Waals surface area contributed by atoms with Crippen molar-refractivity contribution in [1.82, 2.24) is 10.6 Å². The molecule has 2 amide bonds. The Morgan fingerprint density at radius 1 is 1.16 bits per heavy atom. The van der Waals surface area contributed by atoms with Gasteiger partial charge < -0.3 is 15.4 Å². The molecule has 134 valence electrons. The third-order valence-corrected chi connectivity index (χ3v) is 2.71. The zero-order valence-electron chi connectivity index (χ0n) is 14.4. The van der Waals surface area contributed by atoms with Crippen LogP contribution in [0.5, 0.6) is 0 Å². The van der Waals surface area contributed by atoms with Crippen molar-refractivity contribution in [3.8, 4) is 11.8 Å². The Morgan fingerprint density at radius 3 is 2.32 bits per heavy atom. The molecule has 0 radical (unpaired) electrons. The fraction of sp³-hybridized carbons (Fsp3) is 0.412. The van der Waals surface area contributed by atoms with Gasteiger partial charge in [-0.05, 0) is 39.3 Å². The molecule has 0 bridgehead atoms. The van der Waals surface area contributed by atoms with Gasteiger partial charge in [-0.15, -0.1) is 0 Å². The number of amides is 2. The van der Waals surface area contributed by atoms with Crippen molar-refractivity contribution in [3.63, 3.8) is 0 Å². The molecule has 8 nitrogen and oxygen atoms in total. The van der Waals surface area contributed by atoms with Gasteiger partial charge in [0.2, 0.25) is 0 Å². The molecule has 2 N–H and O–H groups in total. The molecule has 8 heteroatoms. The van der Waals surface area contributed by atoms with E-state index in [2.05, 4.69) is 22.5 Å². The predicted molar refractivity (Wildman–Crippen MR) is 91.8 cm³/mol. The van der Waals surface area contributed by atoms with Crippen LogP contribution in [0, 0.1) is 22.0 Å². The Morgan fingerprint density at radius 2 is 1.76 bits per heavy atom. The zero-order chi connectivity index (χ0) is 18.9. The predicted octanol–water partition coefficient (Wildman–Crippen LogP) is 1.98. The zero-order valence-corrected chi connectivity index (χ0v) is 14.4. The van der Waals surface area contributed by atoms with Crippen LogP contribution in [0.1, 0.15) is 32.8 Å². The lowest BCUT2D eigenvalue weighted by molar-refractivity contribution is -0.384. The van der Waals surface area contributed by atoms with Gasteiger partial charge >= 0.3 is 6.09 Å². The van der Waals surface area contributed by atoms with Gasteiger partial charge in [0.25, 0.3) is 11.6 Å². The summed E-state index contributed by atoms with van der Waals surface area (Å²) in [6, 6.07) is 5.60. The number of ether oxygens (including phenoxy) is 1. The number of carbonyl (C=O) groups is 2. The second-order valence-electron chi connectivity index (χ2n) is 6.09. The van der Waals surface area contributed by atoms with E-state index in [1.165, 1.54) is 24.3 Å². The summed E-state index contributed by atoms with van der Waals surface area (Å²) in [5.41, 5.74) is -0.0778. The average molecular weight is 347 g/mol. The molecule has 0 heterocycles. The minimum atomic E-state index is -0.550. The molecule has 0 aromatic heterocycles. The van der Waals surface area contributed by atoms with Crippen LogP contribution in [-0.2, 0) is 9.53 Å². The van der Waals surface area contributed by atoms with Gasteiger partial charge in [-0.3, -0.25) is 14.9 Å². The lowest BCUT2D eigenvalue weighted by atomic mass is 10.2. The first kappa shape index (κ1) is 20.0. The van der Waals surface area contributed by atoms with Gasteiger partial charge in [-0.2, -0.15) is 0 Å². The summed E-state index contributed by atoms with van der Waals surface area (Å²) in [6.07, 6.45) is 0.0290. The fourth-order valence-electron chi connectivity index (χ4n) is 1.63. The van der Waals surface area contributed by atoms with Gasteiger partial charge in [-0.1, -0.05) is 5.92 Å². The van der Waals surface area contributed by atoms with Gasteiger partial charge in [-0.25, -0.2) is 4.79 Å². The monoisotopic (exact) mass is 347 g/mol. The summed E-state index contributed by atoms with van der Waals surface area (Å²) in [7, 11) is 0. The molecule has 0 aliphatic rings. The SMILES string of the molecule is CC(C)(C)OC(=O)NCCCNC(=O)C#Cc1ccc([N+](=O)[O-])cc1. The summed E-state index contributed by atoms with van der Waals surface area (Å²) < 4.78 is 5.07. The molecule has 25 heavy (non-hydrogen) atoms. The van der Waals surface area contributed by atoms with Crippen LogP contribution in [-0.4, -0.2) is 35.6 Å². The van der Waals surface area contributed by atoms with Crippen molar-refractivity contribution in [2.75, 3.05) is 13.1 Å². The molecule has 0 atom stereocenters. The first-order chi connectivity index (χ1) is 11.7. The quantitative estimate of drug-likeness (QED) is 0.366. The van der Waals surface area contributed by atoms with E-state index in [0.29, 0.717) is 25.1 Å². The van der Waals surface area contributed by atoms with Crippen LogP contribution >= 0.6 is 0 Å². The summed E-state index contributed by atoms with van der Waals surface area (Å²) in [6.45, 7) is 6.04. The Labute approximate surface area is 146 Å². The lowest BCUT2D eigenvalue weighted by Gasteiger charge is -2.19. The first-order valence-corrected chi connectivity index (χ1v) is 7.68. The maximum atomic E-state index is 11.6. The van der Waals surface area contributed by atoms with Gasteiger partial charge in [0.1, 0.15) is 5.60 Å². The third kappa shape index (κ3) is 8.95. The number of rotatable bonds is 5. The van der Waals surface area contributed by atoms with E-state index >= 15 is 0 Å². The van der Waals surface area contributed by atoms with Crippen molar-refractivity contribution < 1.29 is 19.2 Å². The molecule has 0 unspecified atom stereocenters. The number of nitrogens with one attached hydrogen (secondary N) is 2. The van der Waals surface area contributed by atoms with Crippen LogP contribution in [0.25, 0.3) is 0 Å². The first-order valence-electron chi connectivity index (χ1n) is 7.68. The maximum Gasteiger partial charge on any atom is 0.407 e. The van der Waals surface area contributed by atoms with Crippen molar-refractivity contribution >= 4 is 17.7 Å². The van der Waals surface area contributed by atoms with E-state index < -0.39 is 22.5 Å². The number of nitro benzene ring substituents is 1. The molecule has 0 saturated heterocycles. The minimum Gasteiger partial charge on any atom is -0.444 e. The summed E-state index contributed by atoms with van der Waals surface area (Å²) in [4.78, 5) is 33.0. The molecule has 1 aromatic rings. The number of nitro groups is 1. The molecular weight excluding hydrogens is 326 g/mol. The summed E-state index contributed by atoms with van der Waals surface area (Å²) in [5, 5.41) is 15.7. The van der Waals surface area contributed by atoms with Gasteiger partial charge in [0.05, 0.1) is 4.92 Å². The Kier molecular flexibility index (Phi) is 7.41. The number of alkyl carbamates (subject to hydrolysis) is 1. The number of carbonyl (C=O) groups excluding carboxylic acids is 2. The normalized spacial score (nSPS) is 10.2. The highest BCUT2D eigenvalue weighted by Crippen LogP contribution is 2.10. The van der Waals surface area contributed by atoms with E-state index in [1.807, 2.05) is 0 Å². The Bertz CT molecular complexity index is 681. The van der Waals surface area contributed by atoms with Crippen LogP contribution in [0.2, 0.25) is 0 Å². The topological polar surface area (TPSA) is 111 Å². The van der Waals surface area contributed by atoms with Crippen LogP contribution in [0.3, 0.4) is 0 Å². The molecule has 1 aromatic carbocycles. The van der Waals surface area contributed by atoms with E-state index in [9.17, 15) is 19.7 Å². The molecule has 0 aliphatic heterocycles. The Hall–Kier alpha value is -3.08. The number of non-ortho nitro benzene ring substituents is 1. The summed E-state index contributed by atoms with van der Waals surface area (Å²) in [5.74, 6) is 4.56. The van der Waals surface area contributed by atoms with E-state index in [0.717, 1.165) is 0 Å². The molecular formula is C17H21N3O5. The van der Waals surface area contributed by atoms with Crippen LogP contribution < -0.4 is 10.6 Å². The van der Waals surface area contributed by atoms with Gasteiger partial charge in [0, 0.05) is 36.7 Å². The molecule has 0 saturated carbocycles. The average Bonchev–Trinajstić information content (AvgIpc) is 2.51. The fourth-order valence-corrected chi connectivity index (χ4v) is 1.63. The standard InChI is InChI=1S/C17H21N3O5/c1-17(2,3)25-16(22)19-12-4-11-18-15(21)10-7-13-5-8-14(9-6-13)20(23)24/h5-6,8-9H,4,11-12H2,1-3H3,(H,18,21)(H,19,22). The van der Waals surface area contributed by atoms with Crippen molar-refractivity contribution in [3.05, 3.63) is 39.9 Å². The van der Waals surface area contributed by atoms with E-state index in [4.69, 9.17) is 4.74 Å². The van der Waals surface area contributed by atoms with Crippen LogP contribution in [0.4, 0.5) is 10.5 Å². The number of nitrogens with zero attached hydrogens (tertiary/aromatic N) is 1. The molecule has 0 fully saturated rings. The highest BCUT2D eigenvalue weighted by molar-refractivity contribution is 5.94. The highest BCUT2D eigenvalue weighted by atomic mass is 16.6. The minimum absolute atomic E-state index is 0.0347. The van der Waals surface area contributed by atoms with Crippen molar-refractivity contribution in [2.24, 2.45) is 0 Å². The number of benzene rings is 1.